The third-order valence-corrected chi connectivity index (χ3v) is 6.18. The molecule has 2 nitrogen and oxygen atoms in total. The Labute approximate surface area is 132 Å². The first-order valence-electron chi connectivity index (χ1n) is 7.26. The molecule has 3 heterocycles. The van der Waals surface area contributed by atoms with Crippen LogP contribution in [0.15, 0.2) is 34.2 Å². The molecule has 1 aromatic carbocycles. The maximum atomic E-state index is 4.68. The molecule has 0 saturated carbocycles. The molecule has 2 aliphatic rings. The maximum Gasteiger partial charge on any atom is 0.159 e. The largest absolute Gasteiger partial charge is 0.288 e. The van der Waals surface area contributed by atoms with Crippen molar-refractivity contribution in [2.75, 3.05) is 0 Å². The normalized spacial score (nSPS) is 25.4. The molecule has 2 aliphatic heterocycles. The van der Waals surface area contributed by atoms with E-state index < -0.39 is 0 Å². The second kappa shape index (κ2) is 5.24. The van der Waals surface area contributed by atoms with Gasteiger partial charge in [-0.25, -0.2) is 4.98 Å². The standard InChI is InChI=1S/C16H17BrN2S/c17-16-18-13-9-12-7-4-8-14(15(13)20-16)19(12)10-11-5-2-1-3-6-11/h1-3,5-6,12,14H,4,7-10H2. The summed E-state index contributed by atoms with van der Waals surface area (Å²) in [6.45, 7) is 1.07. The first-order valence-corrected chi connectivity index (χ1v) is 8.87. The van der Waals surface area contributed by atoms with Crippen molar-refractivity contribution in [2.45, 2.75) is 44.3 Å². The Morgan fingerprint density at radius 2 is 2.10 bits per heavy atom. The number of fused-ring (bicyclic) bond motifs is 4. The summed E-state index contributed by atoms with van der Waals surface area (Å²) in [7, 11) is 0. The molecule has 104 valence electrons. The van der Waals surface area contributed by atoms with Gasteiger partial charge in [0.25, 0.3) is 0 Å². The van der Waals surface area contributed by atoms with E-state index in [0.717, 1.165) is 16.9 Å². The summed E-state index contributed by atoms with van der Waals surface area (Å²) in [6, 6.07) is 12.1. The highest BCUT2D eigenvalue weighted by molar-refractivity contribution is 9.11. The van der Waals surface area contributed by atoms with E-state index in [9.17, 15) is 0 Å². The Morgan fingerprint density at radius 1 is 1.25 bits per heavy atom. The summed E-state index contributed by atoms with van der Waals surface area (Å²) in [4.78, 5) is 8.90. The predicted octanol–water partition coefficient (Wildman–Crippen LogP) is 4.56. The predicted molar refractivity (Wildman–Crippen MR) is 85.9 cm³/mol. The Hall–Kier alpha value is -0.710. The first-order chi connectivity index (χ1) is 9.81. The van der Waals surface area contributed by atoms with E-state index in [-0.39, 0.29) is 0 Å². The van der Waals surface area contributed by atoms with Crippen molar-refractivity contribution in [3.8, 4) is 0 Å². The SMILES string of the molecule is Brc1nc2c(s1)C1CCCC(C2)N1Cc1ccccc1. The van der Waals surface area contributed by atoms with Gasteiger partial charge in [0.05, 0.1) is 5.69 Å². The molecule has 2 unspecified atom stereocenters. The maximum absolute atomic E-state index is 4.68. The van der Waals surface area contributed by atoms with E-state index in [0.29, 0.717) is 12.1 Å². The van der Waals surface area contributed by atoms with Gasteiger partial charge in [-0.2, -0.15) is 0 Å². The highest BCUT2D eigenvalue weighted by Crippen LogP contribution is 2.45. The van der Waals surface area contributed by atoms with Gasteiger partial charge in [-0.05, 0) is 40.8 Å². The number of piperidine rings is 1. The van der Waals surface area contributed by atoms with Crippen LogP contribution in [-0.4, -0.2) is 15.9 Å². The molecule has 4 rings (SSSR count). The number of aromatic nitrogens is 1. The summed E-state index contributed by atoms with van der Waals surface area (Å²) in [6.07, 6.45) is 5.08. The lowest BCUT2D eigenvalue weighted by Gasteiger charge is -2.45. The molecule has 0 aliphatic carbocycles. The summed E-state index contributed by atoms with van der Waals surface area (Å²) >= 11 is 5.40. The number of thiazole rings is 1. The molecule has 1 fully saturated rings. The van der Waals surface area contributed by atoms with Gasteiger partial charge in [-0.1, -0.05) is 30.3 Å². The van der Waals surface area contributed by atoms with Gasteiger partial charge < -0.3 is 0 Å². The van der Waals surface area contributed by atoms with E-state index in [1.165, 1.54) is 35.4 Å². The molecule has 20 heavy (non-hydrogen) atoms. The van der Waals surface area contributed by atoms with Crippen LogP contribution in [0.3, 0.4) is 0 Å². The number of hydrogen-bond donors (Lipinski definition) is 0. The zero-order chi connectivity index (χ0) is 13.5. The molecule has 2 atom stereocenters. The van der Waals surface area contributed by atoms with Gasteiger partial charge in [0.1, 0.15) is 0 Å². The molecule has 4 heteroatoms. The first kappa shape index (κ1) is 13.0. The van der Waals surface area contributed by atoms with Gasteiger partial charge in [0.2, 0.25) is 0 Å². The number of nitrogens with zero attached hydrogens (tertiary/aromatic N) is 2. The van der Waals surface area contributed by atoms with Crippen LogP contribution in [0.25, 0.3) is 0 Å². The van der Waals surface area contributed by atoms with E-state index in [2.05, 4.69) is 56.1 Å². The van der Waals surface area contributed by atoms with Crippen LogP contribution in [0.4, 0.5) is 0 Å². The van der Waals surface area contributed by atoms with Crippen LogP contribution < -0.4 is 0 Å². The zero-order valence-electron chi connectivity index (χ0n) is 11.3. The third-order valence-electron chi connectivity index (χ3n) is 4.53. The highest BCUT2D eigenvalue weighted by Gasteiger charge is 2.39. The fraction of sp³-hybridized carbons (Fsp3) is 0.438. The van der Waals surface area contributed by atoms with Gasteiger partial charge in [0, 0.05) is 29.9 Å². The van der Waals surface area contributed by atoms with E-state index >= 15 is 0 Å². The van der Waals surface area contributed by atoms with Gasteiger partial charge in [-0.3, -0.25) is 4.90 Å². The molecule has 1 aromatic heterocycles. The fourth-order valence-electron chi connectivity index (χ4n) is 3.63. The second-order valence-corrected chi connectivity index (χ2v) is 8.05. The molecule has 0 radical (unpaired) electrons. The summed E-state index contributed by atoms with van der Waals surface area (Å²) in [5, 5.41) is 0. The Morgan fingerprint density at radius 3 is 2.95 bits per heavy atom. The summed E-state index contributed by atoms with van der Waals surface area (Å²) in [5.74, 6) is 0. The lowest BCUT2D eigenvalue weighted by Crippen LogP contribution is -2.45. The Balaban J connectivity index is 1.67. The Kier molecular flexibility index (Phi) is 3.41. The Bertz CT molecular complexity index is 610. The van der Waals surface area contributed by atoms with Crippen LogP contribution in [0.2, 0.25) is 0 Å². The van der Waals surface area contributed by atoms with Crippen LogP contribution in [-0.2, 0) is 13.0 Å². The topological polar surface area (TPSA) is 16.1 Å². The summed E-state index contributed by atoms with van der Waals surface area (Å²) in [5.41, 5.74) is 2.78. The van der Waals surface area contributed by atoms with E-state index in [1.54, 1.807) is 0 Å². The van der Waals surface area contributed by atoms with Gasteiger partial charge in [-0.15, -0.1) is 11.3 Å². The van der Waals surface area contributed by atoms with Crippen molar-refractivity contribution in [2.24, 2.45) is 0 Å². The summed E-state index contributed by atoms with van der Waals surface area (Å²) < 4.78 is 1.05. The van der Waals surface area contributed by atoms with Crippen LogP contribution in [0, 0.1) is 0 Å². The third kappa shape index (κ3) is 2.24. The highest BCUT2D eigenvalue weighted by atomic mass is 79.9. The number of halogens is 1. The van der Waals surface area contributed by atoms with Crippen LogP contribution in [0.5, 0.6) is 0 Å². The van der Waals surface area contributed by atoms with Crippen molar-refractivity contribution in [1.29, 1.82) is 0 Å². The fourth-order valence-corrected chi connectivity index (χ4v) is 5.34. The molecular formula is C16H17BrN2S. The number of benzene rings is 1. The van der Waals surface area contributed by atoms with E-state index in [4.69, 9.17) is 0 Å². The zero-order valence-corrected chi connectivity index (χ0v) is 13.7. The smallest absolute Gasteiger partial charge is 0.159 e. The molecular weight excluding hydrogens is 332 g/mol. The lowest BCUT2D eigenvalue weighted by atomic mass is 9.86. The molecule has 0 amide bonds. The van der Waals surface area contributed by atoms with Crippen molar-refractivity contribution >= 4 is 27.3 Å². The number of rotatable bonds is 2. The lowest BCUT2D eigenvalue weighted by molar-refractivity contribution is 0.0625. The minimum atomic E-state index is 0.585. The molecule has 2 aromatic rings. The average Bonchev–Trinajstić information content (AvgIpc) is 2.81. The minimum absolute atomic E-state index is 0.585. The minimum Gasteiger partial charge on any atom is -0.288 e. The average molecular weight is 349 g/mol. The van der Waals surface area contributed by atoms with Crippen molar-refractivity contribution in [3.63, 3.8) is 0 Å². The molecule has 1 saturated heterocycles. The monoisotopic (exact) mass is 348 g/mol. The number of hydrogen-bond acceptors (Lipinski definition) is 3. The molecule has 2 bridgehead atoms. The van der Waals surface area contributed by atoms with E-state index in [1.807, 2.05) is 11.3 Å². The quantitative estimate of drug-likeness (QED) is 0.790. The molecule has 0 spiro atoms. The van der Waals surface area contributed by atoms with Crippen molar-refractivity contribution in [1.82, 2.24) is 9.88 Å². The van der Waals surface area contributed by atoms with Crippen LogP contribution >= 0.6 is 27.3 Å². The van der Waals surface area contributed by atoms with Crippen molar-refractivity contribution < 1.29 is 0 Å². The van der Waals surface area contributed by atoms with Crippen LogP contribution in [0.1, 0.15) is 41.4 Å². The van der Waals surface area contributed by atoms with Gasteiger partial charge in [0.15, 0.2) is 3.92 Å². The van der Waals surface area contributed by atoms with Crippen molar-refractivity contribution in [3.05, 3.63) is 50.4 Å². The molecule has 0 N–H and O–H groups in total. The second-order valence-electron chi connectivity index (χ2n) is 5.74. The van der Waals surface area contributed by atoms with Gasteiger partial charge >= 0.3 is 0 Å².